The largest absolute Gasteiger partial charge is 0.456 e. The molecule has 130 valence electrons. The molecule has 2 atom stereocenters. The lowest BCUT2D eigenvalue weighted by Crippen LogP contribution is -2.31. The first-order chi connectivity index (χ1) is 11.1. The van der Waals surface area contributed by atoms with E-state index in [0.717, 1.165) is 17.7 Å². The molecule has 5 heteroatoms. The first-order valence-corrected chi connectivity index (χ1v) is 8.35. The number of nitrogens with zero attached hydrogens (tertiary/aromatic N) is 1. The Morgan fingerprint density at radius 3 is 2.62 bits per heavy atom. The summed E-state index contributed by atoms with van der Waals surface area (Å²) in [5.74, 6) is -0.389. The van der Waals surface area contributed by atoms with Gasteiger partial charge in [0.15, 0.2) is 0 Å². The van der Waals surface area contributed by atoms with Gasteiger partial charge in [0.25, 0.3) is 0 Å². The zero-order chi connectivity index (χ0) is 18.1. The van der Waals surface area contributed by atoms with Crippen molar-refractivity contribution in [1.82, 2.24) is 0 Å². The quantitative estimate of drug-likeness (QED) is 0.857. The Balaban J connectivity index is 2.36. The molecule has 2 rings (SSSR count). The summed E-state index contributed by atoms with van der Waals surface area (Å²) in [5, 5.41) is 2.91. The number of benzene rings is 1. The van der Waals surface area contributed by atoms with Gasteiger partial charge in [-0.2, -0.15) is 0 Å². The van der Waals surface area contributed by atoms with Crippen LogP contribution in [-0.4, -0.2) is 29.2 Å². The van der Waals surface area contributed by atoms with Crippen molar-refractivity contribution in [2.24, 2.45) is 10.9 Å². The van der Waals surface area contributed by atoms with Gasteiger partial charge in [-0.3, -0.25) is 9.79 Å². The fourth-order valence-electron chi connectivity index (χ4n) is 2.58. The molecule has 1 heterocycles. The van der Waals surface area contributed by atoms with Gasteiger partial charge in [-0.05, 0) is 45.7 Å². The lowest BCUT2D eigenvalue weighted by atomic mass is 9.99. The fourth-order valence-corrected chi connectivity index (χ4v) is 2.58. The summed E-state index contributed by atoms with van der Waals surface area (Å²) in [6.07, 6.45) is 0.869. The number of aliphatic imine (C=N–C) groups is 1. The number of benzodiazepines with no additional fused rings is 1. The van der Waals surface area contributed by atoms with E-state index in [9.17, 15) is 9.59 Å². The van der Waals surface area contributed by atoms with Gasteiger partial charge in [0.1, 0.15) is 11.6 Å². The molecule has 0 aromatic heterocycles. The van der Waals surface area contributed by atoms with E-state index < -0.39 is 17.6 Å². The zero-order valence-electron chi connectivity index (χ0n) is 15.3. The second kappa shape index (κ2) is 6.75. The van der Waals surface area contributed by atoms with E-state index in [1.54, 1.807) is 12.1 Å². The molecule has 1 aromatic rings. The topological polar surface area (TPSA) is 67.8 Å². The van der Waals surface area contributed by atoms with Crippen LogP contribution in [0.25, 0.3) is 0 Å². The Kier molecular flexibility index (Phi) is 5.11. The average molecular weight is 330 g/mol. The highest BCUT2D eigenvalue weighted by Gasteiger charge is 2.28. The SMILES string of the molecule is CC[C@H](C)[C@@H]1N=C(C)c2ccc(C(=O)OC(C)(C)C)cc2NC1=O. The minimum absolute atomic E-state index is 0.135. The van der Waals surface area contributed by atoms with Gasteiger partial charge in [-0.15, -0.1) is 0 Å². The van der Waals surface area contributed by atoms with Crippen LogP contribution in [-0.2, 0) is 9.53 Å². The molecule has 0 radical (unpaired) electrons. The van der Waals surface area contributed by atoms with Gasteiger partial charge in [0.05, 0.1) is 11.3 Å². The number of hydrogen-bond donors (Lipinski definition) is 1. The van der Waals surface area contributed by atoms with Crippen molar-refractivity contribution >= 4 is 23.3 Å². The number of esters is 1. The first-order valence-electron chi connectivity index (χ1n) is 8.35. The molecule has 0 saturated heterocycles. The summed E-state index contributed by atoms with van der Waals surface area (Å²) in [7, 11) is 0. The van der Waals surface area contributed by atoms with Crippen molar-refractivity contribution in [3.63, 3.8) is 0 Å². The second-order valence-electron chi connectivity index (χ2n) is 7.30. The van der Waals surface area contributed by atoms with Crippen LogP contribution >= 0.6 is 0 Å². The minimum Gasteiger partial charge on any atom is -0.456 e. The number of carbonyl (C=O) groups excluding carboxylic acids is 2. The maximum absolute atomic E-state index is 12.5. The molecule has 0 aliphatic carbocycles. The Bertz CT molecular complexity index is 686. The Hall–Kier alpha value is -2.17. The van der Waals surface area contributed by atoms with Crippen molar-refractivity contribution in [3.05, 3.63) is 29.3 Å². The van der Waals surface area contributed by atoms with Crippen LogP contribution in [0.2, 0.25) is 0 Å². The lowest BCUT2D eigenvalue weighted by Gasteiger charge is -2.20. The summed E-state index contributed by atoms with van der Waals surface area (Å²) in [6.45, 7) is 11.4. The van der Waals surface area contributed by atoms with Crippen molar-refractivity contribution in [2.45, 2.75) is 59.6 Å². The fraction of sp³-hybridized carbons (Fsp3) is 0.526. The van der Waals surface area contributed by atoms with Gasteiger partial charge in [0.2, 0.25) is 5.91 Å². The zero-order valence-corrected chi connectivity index (χ0v) is 15.3. The van der Waals surface area contributed by atoms with Crippen LogP contribution in [0, 0.1) is 5.92 Å². The molecule has 1 N–H and O–H groups in total. The summed E-state index contributed by atoms with van der Waals surface area (Å²) in [6, 6.07) is 4.78. The number of rotatable bonds is 3. The maximum Gasteiger partial charge on any atom is 0.338 e. The second-order valence-corrected chi connectivity index (χ2v) is 7.30. The molecule has 0 fully saturated rings. The number of nitrogens with one attached hydrogen (secondary N) is 1. The Labute approximate surface area is 143 Å². The first kappa shape index (κ1) is 18.2. The molecule has 0 unspecified atom stereocenters. The van der Waals surface area contributed by atoms with Gasteiger partial charge in [0, 0.05) is 11.3 Å². The summed E-state index contributed by atoms with van der Waals surface area (Å²) >= 11 is 0. The van der Waals surface area contributed by atoms with Crippen molar-refractivity contribution < 1.29 is 14.3 Å². The summed E-state index contributed by atoms with van der Waals surface area (Å²) in [5.41, 5.74) is 2.09. The van der Waals surface area contributed by atoms with Crippen LogP contribution in [0.4, 0.5) is 5.69 Å². The maximum atomic E-state index is 12.5. The Morgan fingerprint density at radius 1 is 1.38 bits per heavy atom. The molecule has 0 bridgehead atoms. The van der Waals surface area contributed by atoms with Crippen molar-refractivity contribution in [1.29, 1.82) is 0 Å². The number of fused-ring (bicyclic) bond motifs is 1. The Morgan fingerprint density at radius 2 is 2.04 bits per heavy atom. The van der Waals surface area contributed by atoms with Crippen molar-refractivity contribution in [2.75, 3.05) is 5.32 Å². The molecular weight excluding hydrogens is 304 g/mol. The predicted octanol–water partition coefficient (Wildman–Crippen LogP) is 3.82. The van der Waals surface area contributed by atoms with Gasteiger partial charge in [-0.1, -0.05) is 26.3 Å². The van der Waals surface area contributed by atoms with Gasteiger partial charge in [-0.25, -0.2) is 4.79 Å². The number of amides is 1. The van der Waals surface area contributed by atoms with E-state index in [1.807, 2.05) is 47.6 Å². The van der Waals surface area contributed by atoms with Crippen LogP contribution < -0.4 is 5.32 Å². The molecule has 0 spiro atoms. The van der Waals surface area contributed by atoms with Crippen LogP contribution in [0.3, 0.4) is 0 Å². The highest BCUT2D eigenvalue weighted by Crippen LogP contribution is 2.26. The number of anilines is 1. The number of carbonyl (C=O) groups is 2. The van der Waals surface area contributed by atoms with Gasteiger partial charge >= 0.3 is 5.97 Å². The highest BCUT2D eigenvalue weighted by atomic mass is 16.6. The molecule has 1 aromatic carbocycles. The molecule has 24 heavy (non-hydrogen) atoms. The monoisotopic (exact) mass is 330 g/mol. The van der Waals surface area contributed by atoms with E-state index >= 15 is 0 Å². The summed E-state index contributed by atoms with van der Waals surface area (Å²) in [4.78, 5) is 29.3. The predicted molar refractivity (Wildman–Crippen MR) is 95.7 cm³/mol. The molecule has 1 aliphatic heterocycles. The third kappa shape index (κ3) is 4.02. The average Bonchev–Trinajstić information content (AvgIpc) is 2.61. The molecule has 1 amide bonds. The van der Waals surface area contributed by atoms with Crippen molar-refractivity contribution in [3.8, 4) is 0 Å². The van der Waals surface area contributed by atoms with E-state index in [4.69, 9.17) is 4.74 Å². The summed E-state index contributed by atoms with van der Waals surface area (Å²) < 4.78 is 5.39. The van der Waals surface area contributed by atoms with Gasteiger partial charge < -0.3 is 10.1 Å². The minimum atomic E-state index is -0.563. The van der Waals surface area contributed by atoms with Crippen LogP contribution in [0.1, 0.15) is 63.9 Å². The number of ether oxygens (including phenoxy) is 1. The normalized spacial score (nSPS) is 18.8. The molecular formula is C19H26N2O3. The van der Waals surface area contributed by atoms with E-state index in [0.29, 0.717) is 11.3 Å². The third-order valence-electron chi connectivity index (χ3n) is 4.09. The van der Waals surface area contributed by atoms with Crippen LogP contribution in [0.15, 0.2) is 23.2 Å². The molecule has 1 aliphatic rings. The standard InChI is InChI=1S/C19H26N2O3/c1-7-11(2)16-17(22)21-15-10-13(18(23)24-19(4,5)6)8-9-14(15)12(3)20-16/h8-11,16H,7H2,1-6H3,(H,21,22)/t11-,16-/m0/s1. The lowest BCUT2D eigenvalue weighted by molar-refractivity contribution is -0.118. The molecule has 5 nitrogen and oxygen atoms in total. The van der Waals surface area contributed by atoms with E-state index in [2.05, 4.69) is 10.3 Å². The van der Waals surface area contributed by atoms with E-state index in [1.165, 1.54) is 0 Å². The highest BCUT2D eigenvalue weighted by molar-refractivity contribution is 6.11. The van der Waals surface area contributed by atoms with Crippen LogP contribution in [0.5, 0.6) is 0 Å². The molecule has 0 saturated carbocycles. The smallest absolute Gasteiger partial charge is 0.338 e. The third-order valence-corrected chi connectivity index (χ3v) is 4.09. The number of hydrogen-bond acceptors (Lipinski definition) is 4. The van der Waals surface area contributed by atoms with E-state index in [-0.39, 0.29) is 11.8 Å².